The maximum Gasteiger partial charge on any atom is 0.230 e. The van der Waals surface area contributed by atoms with Crippen LogP contribution < -0.4 is 5.32 Å². The van der Waals surface area contributed by atoms with Gasteiger partial charge in [-0.05, 0) is 51.0 Å². The molecule has 0 aliphatic rings. The quantitative estimate of drug-likeness (QED) is 0.601. The SMILES string of the molecule is Cc1nc(SCC(=O)N[C@H](C)c2ccc(Cl)cc2Cl)nc(C)c1C. The maximum atomic E-state index is 12.2. The molecule has 24 heavy (non-hydrogen) atoms. The van der Waals surface area contributed by atoms with Crippen LogP contribution in [0.15, 0.2) is 23.4 Å². The fourth-order valence-corrected chi connectivity index (χ4v) is 3.47. The van der Waals surface area contributed by atoms with Crippen LogP contribution in [0.4, 0.5) is 0 Å². The Bertz CT molecular complexity index is 744. The number of carbonyl (C=O) groups is 1. The lowest BCUT2D eigenvalue weighted by molar-refractivity contribution is -0.119. The Balaban J connectivity index is 1.96. The summed E-state index contributed by atoms with van der Waals surface area (Å²) >= 11 is 13.4. The zero-order valence-electron chi connectivity index (χ0n) is 14.0. The number of hydrogen-bond acceptors (Lipinski definition) is 4. The van der Waals surface area contributed by atoms with E-state index in [0.717, 1.165) is 22.5 Å². The first-order valence-corrected chi connectivity index (χ1v) is 9.21. The van der Waals surface area contributed by atoms with E-state index in [9.17, 15) is 4.79 Å². The second kappa shape index (κ2) is 8.19. The normalized spacial score (nSPS) is 12.1. The van der Waals surface area contributed by atoms with Crippen molar-refractivity contribution in [3.05, 3.63) is 50.8 Å². The van der Waals surface area contributed by atoms with Gasteiger partial charge in [-0.1, -0.05) is 41.0 Å². The predicted molar refractivity (Wildman–Crippen MR) is 100.0 cm³/mol. The van der Waals surface area contributed by atoms with Crippen LogP contribution in [0.1, 0.15) is 35.5 Å². The summed E-state index contributed by atoms with van der Waals surface area (Å²) in [5.41, 5.74) is 3.78. The van der Waals surface area contributed by atoms with Crippen molar-refractivity contribution in [1.82, 2.24) is 15.3 Å². The van der Waals surface area contributed by atoms with Crippen LogP contribution in [0.5, 0.6) is 0 Å². The Hall–Kier alpha value is -1.30. The van der Waals surface area contributed by atoms with Crippen LogP contribution in [0.25, 0.3) is 0 Å². The Labute approximate surface area is 156 Å². The summed E-state index contributed by atoms with van der Waals surface area (Å²) in [5.74, 6) is 0.148. The van der Waals surface area contributed by atoms with Crippen molar-refractivity contribution in [1.29, 1.82) is 0 Å². The molecular weight excluding hydrogens is 365 g/mol. The van der Waals surface area contributed by atoms with Gasteiger partial charge < -0.3 is 5.32 Å². The molecule has 0 spiro atoms. The predicted octanol–water partition coefficient (Wildman–Crippen LogP) is 4.68. The number of halogens is 2. The topological polar surface area (TPSA) is 54.9 Å². The summed E-state index contributed by atoms with van der Waals surface area (Å²) < 4.78 is 0. The molecule has 2 aromatic rings. The van der Waals surface area contributed by atoms with Crippen LogP contribution in [0.3, 0.4) is 0 Å². The number of hydrogen-bond donors (Lipinski definition) is 1. The molecule has 0 aliphatic heterocycles. The highest BCUT2D eigenvalue weighted by atomic mass is 35.5. The number of thioether (sulfide) groups is 1. The minimum Gasteiger partial charge on any atom is -0.349 e. The Morgan fingerprint density at radius 2 is 1.83 bits per heavy atom. The van der Waals surface area contributed by atoms with Crippen LogP contribution in [0.2, 0.25) is 10.0 Å². The first-order chi connectivity index (χ1) is 11.3. The molecule has 0 aliphatic carbocycles. The summed E-state index contributed by atoms with van der Waals surface area (Å²) in [5, 5.41) is 4.65. The van der Waals surface area contributed by atoms with Crippen molar-refractivity contribution >= 4 is 40.9 Å². The van der Waals surface area contributed by atoms with E-state index in [1.54, 1.807) is 12.1 Å². The summed E-state index contributed by atoms with van der Waals surface area (Å²) in [6.07, 6.45) is 0. The van der Waals surface area contributed by atoms with E-state index in [1.807, 2.05) is 33.8 Å². The van der Waals surface area contributed by atoms with Crippen molar-refractivity contribution in [2.45, 2.75) is 38.9 Å². The summed E-state index contributed by atoms with van der Waals surface area (Å²) in [4.78, 5) is 21.0. The molecule has 0 bridgehead atoms. The van der Waals surface area contributed by atoms with Gasteiger partial charge in [0.15, 0.2) is 5.16 Å². The first-order valence-electron chi connectivity index (χ1n) is 7.47. The molecule has 1 amide bonds. The van der Waals surface area contributed by atoms with Gasteiger partial charge in [0.2, 0.25) is 5.91 Å². The lowest BCUT2D eigenvalue weighted by Gasteiger charge is -2.16. The maximum absolute atomic E-state index is 12.2. The smallest absolute Gasteiger partial charge is 0.230 e. The largest absolute Gasteiger partial charge is 0.349 e. The molecule has 7 heteroatoms. The first kappa shape index (κ1) is 19.0. The highest BCUT2D eigenvalue weighted by molar-refractivity contribution is 7.99. The van der Waals surface area contributed by atoms with Crippen LogP contribution in [-0.4, -0.2) is 21.6 Å². The highest BCUT2D eigenvalue weighted by Gasteiger charge is 2.14. The minimum atomic E-state index is -0.203. The standard InChI is InChI=1S/C17H19Cl2N3OS/c1-9-10(2)21-17(22-11(9)3)24-8-16(23)20-12(4)14-6-5-13(18)7-15(14)19/h5-7,12H,8H2,1-4H3,(H,20,23)/t12-/m1/s1. The average Bonchev–Trinajstić information content (AvgIpc) is 2.50. The Morgan fingerprint density at radius 1 is 1.21 bits per heavy atom. The number of nitrogens with one attached hydrogen (secondary N) is 1. The molecule has 0 fully saturated rings. The Kier molecular flexibility index (Phi) is 6.49. The van der Waals surface area contributed by atoms with E-state index in [-0.39, 0.29) is 17.7 Å². The van der Waals surface area contributed by atoms with Crippen LogP contribution >= 0.6 is 35.0 Å². The van der Waals surface area contributed by atoms with Gasteiger partial charge in [0, 0.05) is 21.4 Å². The van der Waals surface area contributed by atoms with E-state index < -0.39 is 0 Å². The highest BCUT2D eigenvalue weighted by Crippen LogP contribution is 2.26. The van der Waals surface area contributed by atoms with E-state index in [2.05, 4.69) is 15.3 Å². The lowest BCUT2D eigenvalue weighted by atomic mass is 10.1. The van der Waals surface area contributed by atoms with Gasteiger partial charge in [0.25, 0.3) is 0 Å². The van der Waals surface area contributed by atoms with E-state index in [1.165, 1.54) is 11.8 Å². The van der Waals surface area contributed by atoms with Crippen LogP contribution in [0, 0.1) is 20.8 Å². The third-order valence-corrected chi connectivity index (χ3v) is 5.16. The molecule has 0 unspecified atom stereocenters. The Morgan fingerprint density at radius 3 is 2.42 bits per heavy atom. The molecule has 0 radical (unpaired) electrons. The van der Waals surface area contributed by atoms with E-state index >= 15 is 0 Å². The average molecular weight is 384 g/mol. The van der Waals surface area contributed by atoms with Crippen molar-refractivity contribution in [2.24, 2.45) is 0 Å². The number of rotatable bonds is 5. The molecule has 1 N–H and O–H groups in total. The van der Waals surface area contributed by atoms with E-state index in [0.29, 0.717) is 15.2 Å². The number of carbonyl (C=O) groups excluding carboxylic acids is 1. The van der Waals surface area contributed by atoms with Gasteiger partial charge in [-0.25, -0.2) is 9.97 Å². The minimum absolute atomic E-state index is 0.0991. The molecule has 4 nitrogen and oxygen atoms in total. The van der Waals surface area contributed by atoms with Crippen molar-refractivity contribution < 1.29 is 4.79 Å². The van der Waals surface area contributed by atoms with Crippen molar-refractivity contribution in [2.75, 3.05) is 5.75 Å². The second-order valence-corrected chi connectivity index (χ2v) is 7.33. The summed E-state index contributed by atoms with van der Waals surface area (Å²) in [7, 11) is 0. The lowest BCUT2D eigenvalue weighted by Crippen LogP contribution is -2.28. The number of nitrogens with zero attached hydrogens (tertiary/aromatic N) is 2. The number of benzene rings is 1. The van der Waals surface area contributed by atoms with Gasteiger partial charge >= 0.3 is 0 Å². The third kappa shape index (κ3) is 4.85. The van der Waals surface area contributed by atoms with Gasteiger partial charge in [-0.3, -0.25) is 4.79 Å². The molecule has 1 atom stereocenters. The van der Waals surface area contributed by atoms with Crippen molar-refractivity contribution in [3.63, 3.8) is 0 Å². The molecule has 0 saturated carbocycles. The fourth-order valence-electron chi connectivity index (χ4n) is 2.15. The number of aryl methyl sites for hydroxylation is 2. The zero-order chi connectivity index (χ0) is 17.9. The summed E-state index contributed by atoms with van der Waals surface area (Å²) in [6, 6.07) is 5.04. The van der Waals surface area contributed by atoms with Crippen molar-refractivity contribution in [3.8, 4) is 0 Å². The number of aromatic nitrogens is 2. The molecule has 2 rings (SSSR count). The van der Waals surface area contributed by atoms with Gasteiger partial charge in [-0.15, -0.1) is 0 Å². The number of amides is 1. The van der Waals surface area contributed by atoms with Crippen LogP contribution in [-0.2, 0) is 4.79 Å². The second-order valence-electron chi connectivity index (χ2n) is 5.55. The van der Waals surface area contributed by atoms with Gasteiger partial charge in [0.1, 0.15) is 0 Å². The fraction of sp³-hybridized carbons (Fsp3) is 0.353. The monoisotopic (exact) mass is 383 g/mol. The van der Waals surface area contributed by atoms with E-state index in [4.69, 9.17) is 23.2 Å². The third-order valence-electron chi connectivity index (χ3n) is 3.75. The molecule has 1 aromatic carbocycles. The zero-order valence-corrected chi connectivity index (χ0v) is 16.3. The molecule has 128 valence electrons. The molecular formula is C17H19Cl2N3OS. The van der Waals surface area contributed by atoms with Gasteiger partial charge in [-0.2, -0.15) is 0 Å². The molecule has 0 saturated heterocycles. The molecule has 1 aromatic heterocycles. The molecule has 1 heterocycles. The summed E-state index contributed by atoms with van der Waals surface area (Å²) in [6.45, 7) is 7.76. The van der Waals surface area contributed by atoms with Gasteiger partial charge in [0.05, 0.1) is 11.8 Å².